The molecule has 3 rings (SSSR count). The quantitative estimate of drug-likeness (QED) is 0.895. The average molecular weight is 346 g/mol. The molecule has 1 atom stereocenters. The van der Waals surface area contributed by atoms with Gasteiger partial charge in [-0.2, -0.15) is 0 Å². The fourth-order valence-corrected chi connectivity index (χ4v) is 3.44. The fourth-order valence-electron chi connectivity index (χ4n) is 3.44. The molecule has 1 N–H and O–H groups in total. The van der Waals surface area contributed by atoms with E-state index < -0.39 is 6.10 Å². The highest BCUT2D eigenvalue weighted by Crippen LogP contribution is 2.22. The third-order valence-corrected chi connectivity index (χ3v) is 5.09. The summed E-state index contributed by atoms with van der Waals surface area (Å²) in [5, 5.41) is 3.01. The van der Waals surface area contributed by atoms with Gasteiger partial charge in [-0.1, -0.05) is 6.07 Å². The first-order valence-corrected chi connectivity index (χ1v) is 9.23. The minimum absolute atomic E-state index is 0.0617. The number of hydrogen-bond acceptors (Lipinski definition) is 5. The summed E-state index contributed by atoms with van der Waals surface area (Å²) >= 11 is 0. The van der Waals surface area contributed by atoms with E-state index in [0.29, 0.717) is 19.2 Å². The van der Waals surface area contributed by atoms with E-state index >= 15 is 0 Å². The van der Waals surface area contributed by atoms with Crippen molar-refractivity contribution in [2.75, 3.05) is 63.1 Å². The summed E-state index contributed by atoms with van der Waals surface area (Å²) in [6.07, 6.45) is -0.392. The predicted octanol–water partition coefficient (Wildman–Crippen LogP) is 1.49. The SMILES string of the molecule is CC(C)N1CCN(c2cccc(NC(=O)[C@H]3CN(C)CCO3)c2)CC1. The Hall–Kier alpha value is -1.63. The van der Waals surface area contributed by atoms with Crippen molar-refractivity contribution in [2.45, 2.75) is 26.0 Å². The summed E-state index contributed by atoms with van der Waals surface area (Å²) in [5.74, 6) is -0.0617. The molecule has 0 aliphatic carbocycles. The first-order valence-electron chi connectivity index (χ1n) is 9.23. The van der Waals surface area contributed by atoms with Crippen LogP contribution in [0, 0.1) is 0 Å². The lowest BCUT2D eigenvalue weighted by Crippen LogP contribution is -2.49. The maximum atomic E-state index is 12.4. The number of ether oxygens (including phenoxy) is 1. The first kappa shape index (κ1) is 18.2. The largest absolute Gasteiger partial charge is 0.369 e. The van der Waals surface area contributed by atoms with E-state index in [9.17, 15) is 4.79 Å². The molecule has 1 aromatic carbocycles. The van der Waals surface area contributed by atoms with E-state index in [2.05, 4.69) is 46.0 Å². The zero-order valence-corrected chi connectivity index (χ0v) is 15.6. The number of hydrogen-bond donors (Lipinski definition) is 1. The van der Waals surface area contributed by atoms with Crippen LogP contribution in [0.1, 0.15) is 13.8 Å². The second-order valence-electron chi connectivity index (χ2n) is 7.28. The molecular weight excluding hydrogens is 316 g/mol. The Labute approximate surface area is 150 Å². The molecule has 25 heavy (non-hydrogen) atoms. The molecule has 0 unspecified atom stereocenters. The van der Waals surface area contributed by atoms with Crippen molar-refractivity contribution in [1.82, 2.24) is 9.80 Å². The van der Waals surface area contributed by atoms with Gasteiger partial charge in [0.15, 0.2) is 0 Å². The first-order chi connectivity index (χ1) is 12.0. The smallest absolute Gasteiger partial charge is 0.254 e. The van der Waals surface area contributed by atoms with Gasteiger partial charge >= 0.3 is 0 Å². The van der Waals surface area contributed by atoms with Crippen molar-refractivity contribution in [3.8, 4) is 0 Å². The van der Waals surface area contributed by atoms with Crippen LogP contribution in [0.15, 0.2) is 24.3 Å². The van der Waals surface area contributed by atoms with Gasteiger partial charge in [-0.05, 0) is 39.1 Å². The molecule has 2 aliphatic rings. The molecule has 1 amide bonds. The molecular formula is C19H30N4O2. The molecule has 0 aromatic heterocycles. The Morgan fingerprint density at radius 1 is 1.20 bits per heavy atom. The normalized spacial score (nSPS) is 23.0. The number of rotatable bonds is 4. The summed E-state index contributed by atoms with van der Waals surface area (Å²) in [6.45, 7) is 10.8. The Balaban J connectivity index is 1.59. The molecule has 0 saturated carbocycles. The van der Waals surface area contributed by atoms with Gasteiger partial charge in [0.1, 0.15) is 6.10 Å². The van der Waals surface area contributed by atoms with E-state index in [1.807, 2.05) is 19.2 Å². The van der Waals surface area contributed by atoms with E-state index in [0.717, 1.165) is 38.4 Å². The Bertz CT molecular complexity index is 585. The molecule has 1 aromatic rings. The van der Waals surface area contributed by atoms with Crippen LogP contribution < -0.4 is 10.2 Å². The van der Waals surface area contributed by atoms with E-state index in [1.54, 1.807) is 0 Å². The summed E-state index contributed by atoms with van der Waals surface area (Å²) in [4.78, 5) is 19.4. The molecule has 2 fully saturated rings. The van der Waals surface area contributed by atoms with Gasteiger partial charge in [0.05, 0.1) is 6.61 Å². The van der Waals surface area contributed by atoms with Crippen LogP contribution in [0.2, 0.25) is 0 Å². The van der Waals surface area contributed by atoms with Gasteiger partial charge in [-0.15, -0.1) is 0 Å². The molecule has 2 heterocycles. The van der Waals surface area contributed by atoms with Crippen molar-refractivity contribution in [1.29, 1.82) is 0 Å². The molecule has 0 spiro atoms. The second kappa shape index (κ2) is 8.17. The number of likely N-dealkylation sites (N-methyl/N-ethyl adjacent to an activating group) is 1. The Morgan fingerprint density at radius 3 is 2.64 bits per heavy atom. The number of benzene rings is 1. The third kappa shape index (κ3) is 4.71. The molecule has 0 bridgehead atoms. The highest BCUT2D eigenvalue weighted by Gasteiger charge is 2.25. The third-order valence-electron chi connectivity index (χ3n) is 5.09. The van der Waals surface area contributed by atoms with E-state index in [1.165, 1.54) is 5.69 Å². The van der Waals surface area contributed by atoms with Crippen LogP contribution in [0.5, 0.6) is 0 Å². The fraction of sp³-hybridized carbons (Fsp3) is 0.632. The number of morpholine rings is 1. The molecule has 6 heteroatoms. The number of carbonyl (C=O) groups is 1. The number of carbonyl (C=O) groups excluding carboxylic acids is 1. The minimum atomic E-state index is -0.392. The zero-order chi connectivity index (χ0) is 17.8. The van der Waals surface area contributed by atoms with E-state index in [-0.39, 0.29) is 5.91 Å². The number of piperazine rings is 1. The van der Waals surface area contributed by atoms with Crippen LogP contribution in [0.25, 0.3) is 0 Å². The van der Waals surface area contributed by atoms with Crippen molar-refractivity contribution in [3.05, 3.63) is 24.3 Å². The Morgan fingerprint density at radius 2 is 1.96 bits per heavy atom. The topological polar surface area (TPSA) is 48.0 Å². The number of nitrogens with zero attached hydrogens (tertiary/aromatic N) is 3. The van der Waals surface area contributed by atoms with Gasteiger partial charge in [-0.3, -0.25) is 9.69 Å². The van der Waals surface area contributed by atoms with Crippen molar-refractivity contribution in [3.63, 3.8) is 0 Å². The summed E-state index contributed by atoms with van der Waals surface area (Å²) in [7, 11) is 2.01. The minimum Gasteiger partial charge on any atom is -0.369 e. The summed E-state index contributed by atoms with van der Waals surface area (Å²) in [6, 6.07) is 8.73. The van der Waals surface area contributed by atoms with Gasteiger partial charge in [0, 0.05) is 56.7 Å². The lowest BCUT2D eigenvalue weighted by atomic mass is 10.2. The van der Waals surface area contributed by atoms with Crippen molar-refractivity contribution in [2.24, 2.45) is 0 Å². The predicted molar refractivity (Wildman–Crippen MR) is 101 cm³/mol. The summed E-state index contributed by atoms with van der Waals surface area (Å²) in [5.41, 5.74) is 2.01. The molecule has 2 aliphatic heterocycles. The highest BCUT2D eigenvalue weighted by molar-refractivity contribution is 5.94. The summed E-state index contributed by atoms with van der Waals surface area (Å²) < 4.78 is 5.59. The van der Waals surface area contributed by atoms with E-state index in [4.69, 9.17) is 4.74 Å². The lowest BCUT2D eigenvalue weighted by molar-refractivity contribution is -0.132. The molecule has 138 valence electrons. The van der Waals surface area contributed by atoms with Gasteiger partial charge in [0.2, 0.25) is 0 Å². The monoisotopic (exact) mass is 346 g/mol. The number of anilines is 2. The Kier molecular flexibility index (Phi) is 5.93. The van der Waals surface area contributed by atoms with Crippen LogP contribution in [0.4, 0.5) is 11.4 Å². The zero-order valence-electron chi connectivity index (χ0n) is 15.6. The van der Waals surface area contributed by atoms with Crippen molar-refractivity contribution < 1.29 is 9.53 Å². The molecule has 2 saturated heterocycles. The van der Waals surface area contributed by atoms with Crippen LogP contribution in [-0.4, -0.2) is 80.8 Å². The lowest BCUT2D eigenvalue weighted by Gasteiger charge is -2.38. The molecule has 6 nitrogen and oxygen atoms in total. The maximum absolute atomic E-state index is 12.4. The molecule has 0 radical (unpaired) electrons. The van der Waals surface area contributed by atoms with Crippen molar-refractivity contribution >= 4 is 17.3 Å². The van der Waals surface area contributed by atoms with Gasteiger partial charge < -0.3 is 19.9 Å². The standard InChI is InChI=1S/C19H30N4O2/c1-15(2)22-7-9-23(10-8-22)17-6-4-5-16(13-17)20-19(24)18-14-21(3)11-12-25-18/h4-6,13,15,18H,7-12,14H2,1-3H3,(H,20,24)/t18-/m1/s1. The van der Waals surface area contributed by atoms with Gasteiger partial charge in [-0.25, -0.2) is 0 Å². The van der Waals surface area contributed by atoms with Crippen LogP contribution >= 0.6 is 0 Å². The number of nitrogens with one attached hydrogen (secondary N) is 1. The second-order valence-corrected chi connectivity index (χ2v) is 7.28. The van der Waals surface area contributed by atoms with Crippen LogP contribution in [-0.2, 0) is 9.53 Å². The number of amides is 1. The average Bonchev–Trinajstić information content (AvgIpc) is 2.62. The van der Waals surface area contributed by atoms with Crippen LogP contribution in [0.3, 0.4) is 0 Å². The highest BCUT2D eigenvalue weighted by atomic mass is 16.5. The van der Waals surface area contributed by atoms with Gasteiger partial charge in [0.25, 0.3) is 5.91 Å². The maximum Gasteiger partial charge on any atom is 0.254 e.